The summed E-state index contributed by atoms with van der Waals surface area (Å²) in [4.78, 5) is 18.1. The fraction of sp³-hybridized carbons (Fsp3) is 0.222. The van der Waals surface area contributed by atoms with E-state index in [0.717, 1.165) is 27.8 Å². The molecule has 82 heavy (non-hydrogen) atoms. The summed E-state index contributed by atoms with van der Waals surface area (Å²) in [6, 6.07) is 25.9. The Hall–Kier alpha value is -6.40. The van der Waals surface area contributed by atoms with E-state index in [0.29, 0.717) is 68.8 Å². The van der Waals surface area contributed by atoms with Gasteiger partial charge >= 0.3 is 19.1 Å². The Morgan fingerprint density at radius 1 is 0.317 bits per heavy atom. The molecule has 6 aromatic rings. The highest BCUT2D eigenvalue weighted by Gasteiger charge is 2.21. The molecule has 0 radical (unpaired) electrons. The molecular formula is C54H60Cl5O20P3. The number of benzene rings is 6. The highest BCUT2D eigenvalue weighted by molar-refractivity contribution is 8.24. The quantitative estimate of drug-likeness (QED) is 0.0423. The van der Waals surface area contributed by atoms with Crippen molar-refractivity contribution >= 4 is 112 Å². The van der Waals surface area contributed by atoms with Crippen LogP contribution in [-0.4, -0.2) is 100 Å². The first-order chi connectivity index (χ1) is 38.7. The lowest BCUT2D eigenvalue weighted by Gasteiger charge is -2.13. The van der Waals surface area contributed by atoms with Crippen molar-refractivity contribution in [2.24, 2.45) is 0 Å². The van der Waals surface area contributed by atoms with E-state index in [4.69, 9.17) is 93.6 Å². The number of phosphoric acid groups is 1. The smallest absolute Gasteiger partial charge is 0.504 e. The number of phosphoric ester groups is 1. The lowest BCUT2D eigenvalue weighted by Crippen LogP contribution is -1.95. The Balaban J connectivity index is 0.000000310. The van der Waals surface area contributed by atoms with Crippen molar-refractivity contribution in [3.05, 3.63) is 124 Å². The van der Waals surface area contributed by atoms with E-state index < -0.39 is 19.1 Å². The largest absolute Gasteiger partial charge is 0.524 e. The van der Waals surface area contributed by atoms with E-state index in [9.17, 15) is 18.8 Å². The van der Waals surface area contributed by atoms with Crippen LogP contribution in [0, 0.1) is 0 Å². The van der Waals surface area contributed by atoms with Gasteiger partial charge in [-0.05, 0) is 140 Å². The van der Waals surface area contributed by atoms with E-state index in [1.165, 1.54) is 48.7 Å². The molecule has 28 heteroatoms. The number of hydrogen-bond acceptors (Lipinski definition) is 18. The number of aromatic hydroxyl groups is 1. The zero-order chi connectivity index (χ0) is 61.4. The lowest BCUT2D eigenvalue weighted by molar-refractivity contribution is 0.276. The van der Waals surface area contributed by atoms with Crippen LogP contribution in [0.2, 0.25) is 0 Å². The molecule has 0 amide bonds. The minimum absolute atomic E-state index is 0.0575. The molecule has 0 spiro atoms. The monoisotopic (exact) mass is 1300 g/mol. The van der Waals surface area contributed by atoms with Gasteiger partial charge in [0.25, 0.3) is 0 Å². The topological polar surface area (TPSA) is 241 Å². The summed E-state index contributed by atoms with van der Waals surface area (Å²) >= 11 is 24.9. The molecule has 0 atom stereocenters. The first-order valence-electron chi connectivity index (χ1n) is 23.0. The van der Waals surface area contributed by atoms with Gasteiger partial charge in [-0.1, -0.05) is 54.7 Å². The van der Waals surface area contributed by atoms with Crippen LogP contribution in [-0.2, 0) is 13.7 Å². The van der Waals surface area contributed by atoms with E-state index in [-0.39, 0.29) is 23.0 Å². The Bertz CT molecular complexity index is 3080. The first-order valence-corrected chi connectivity index (χ1v) is 32.4. The second-order valence-corrected chi connectivity index (χ2v) is 27.6. The normalized spacial score (nSPS) is 11.2. The number of phenols is 1. The van der Waals surface area contributed by atoms with Crippen LogP contribution in [0.5, 0.6) is 86.2 Å². The number of ether oxygens (including phenoxy) is 12. The molecule has 6 rings (SSSR count). The highest BCUT2D eigenvalue weighted by atomic mass is 36.0. The van der Waals surface area contributed by atoms with Crippen LogP contribution in [0.1, 0.15) is 33.4 Å². The van der Waals surface area contributed by atoms with Crippen LogP contribution >= 0.6 is 75.3 Å². The van der Waals surface area contributed by atoms with Crippen molar-refractivity contribution < 1.29 is 94.5 Å². The maximum absolute atomic E-state index is 11.5. The average Bonchev–Trinajstić information content (AvgIpc) is 3.48. The molecule has 0 saturated carbocycles. The van der Waals surface area contributed by atoms with Crippen molar-refractivity contribution in [3.8, 4) is 86.2 Å². The maximum Gasteiger partial charge on any atom is 0.524 e. The molecule has 6 aromatic carbocycles. The molecule has 0 aromatic heterocycles. The summed E-state index contributed by atoms with van der Waals surface area (Å²) in [5.74, 6) is 6.06. The summed E-state index contributed by atoms with van der Waals surface area (Å²) in [6.45, 7) is 0. The zero-order valence-electron chi connectivity index (χ0n) is 46.1. The number of rotatable bonds is 22. The van der Waals surface area contributed by atoms with Crippen LogP contribution in [0.4, 0.5) is 0 Å². The summed E-state index contributed by atoms with van der Waals surface area (Å²) in [6.07, 6.45) is 7.20. The molecule has 0 aliphatic heterocycles. The summed E-state index contributed by atoms with van der Waals surface area (Å²) in [5, 5.41) is 6.58. The van der Waals surface area contributed by atoms with Gasteiger partial charge in [0, 0.05) is 22.5 Å². The summed E-state index contributed by atoms with van der Waals surface area (Å²) < 4.78 is 105. The SMILES string of the molecule is COc1ccc(/C=C\c2cc(OC)c(OC)c(OC)c2)cc1O.COc1ccc(/C=C\c2cc(OC)c(OC)c(OC)c2)cc1OP(=O)(Cl)Cl.COc1ccc(/C=C\c2cc(OC)c(OC)c(OC)c2)cc1OP(=O)(O)O.O=P(Cl)(Cl)Cl. The minimum Gasteiger partial charge on any atom is -0.504 e. The molecule has 0 bridgehead atoms. The molecule has 0 unspecified atom stereocenters. The van der Waals surface area contributed by atoms with E-state index in [1.807, 2.05) is 54.6 Å². The maximum atomic E-state index is 11.5. The fourth-order valence-electron chi connectivity index (χ4n) is 6.96. The van der Waals surface area contributed by atoms with Crippen molar-refractivity contribution in [3.63, 3.8) is 0 Å². The molecule has 0 fully saturated rings. The van der Waals surface area contributed by atoms with Gasteiger partial charge in [-0.15, -0.1) is 0 Å². The molecule has 3 N–H and O–H groups in total. The third-order valence-corrected chi connectivity index (χ3v) is 11.7. The average molecular weight is 1300 g/mol. The number of halogens is 5. The predicted molar refractivity (Wildman–Crippen MR) is 324 cm³/mol. The molecule has 20 nitrogen and oxygen atoms in total. The lowest BCUT2D eigenvalue weighted by atomic mass is 10.1. The Morgan fingerprint density at radius 3 is 0.780 bits per heavy atom. The fourth-order valence-corrected chi connectivity index (χ4v) is 8.18. The van der Waals surface area contributed by atoms with E-state index >= 15 is 0 Å². The van der Waals surface area contributed by atoms with Gasteiger partial charge in [0.05, 0.1) is 85.3 Å². The zero-order valence-corrected chi connectivity index (χ0v) is 52.6. The van der Waals surface area contributed by atoms with Gasteiger partial charge in [0.2, 0.25) is 17.2 Å². The van der Waals surface area contributed by atoms with Gasteiger partial charge in [-0.25, -0.2) is 9.13 Å². The molecule has 446 valence electrons. The second-order valence-electron chi connectivity index (χ2n) is 15.6. The van der Waals surface area contributed by atoms with Crippen molar-refractivity contribution in [2.45, 2.75) is 0 Å². The van der Waals surface area contributed by atoms with Gasteiger partial charge in [0.1, 0.15) is 0 Å². The minimum atomic E-state index is -4.71. The molecule has 0 saturated heterocycles. The van der Waals surface area contributed by atoms with Gasteiger partial charge in [-0.3, -0.25) is 14.4 Å². The highest BCUT2D eigenvalue weighted by Crippen LogP contribution is 2.61. The van der Waals surface area contributed by atoms with Crippen molar-refractivity contribution in [1.29, 1.82) is 0 Å². The van der Waals surface area contributed by atoms with Gasteiger partial charge < -0.3 is 71.0 Å². The molecular weight excluding hydrogens is 1240 g/mol. The number of methoxy groups -OCH3 is 12. The van der Waals surface area contributed by atoms with E-state index in [1.54, 1.807) is 109 Å². The van der Waals surface area contributed by atoms with E-state index in [2.05, 4.69) is 38.2 Å². The third-order valence-electron chi connectivity index (χ3n) is 10.5. The van der Waals surface area contributed by atoms with Crippen LogP contribution in [0.3, 0.4) is 0 Å². The molecule has 0 heterocycles. The van der Waals surface area contributed by atoms with Crippen molar-refractivity contribution in [2.75, 3.05) is 85.3 Å². The van der Waals surface area contributed by atoms with Gasteiger partial charge in [-0.2, -0.15) is 0 Å². The van der Waals surface area contributed by atoms with Crippen molar-refractivity contribution in [1.82, 2.24) is 0 Å². The number of phenolic OH excluding ortho intramolecular Hbond substituents is 1. The molecule has 0 aliphatic carbocycles. The van der Waals surface area contributed by atoms with Crippen LogP contribution < -0.4 is 65.9 Å². The summed E-state index contributed by atoms with van der Waals surface area (Å²) in [5.41, 5.74) is 4.72. The van der Waals surface area contributed by atoms with Crippen LogP contribution in [0.25, 0.3) is 36.5 Å². The van der Waals surface area contributed by atoms with Gasteiger partial charge in [0.15, 0.2) is 69.0 Å². The Kier molecular flexibility index (Phi) is 28.7. The Labute approximate surface area is 499 Å². The molecule has 0 aliphatic rings. The Morgan fingerprint density at radius 2 is 0.549 bits per heavy atom. The summed E-state index contributed by atoms with van der Waals surface area (Å²) in [7, 11) is 13.6. The van der Waals surface area contributed by atoms with Crippen LogP contribution in [0.15, 0.2) is 91.0 Å². The number of hydrogen-bond donors (Lipinski definition) is 3. The first kappa shape index (κ1) is 69.9. The standard InChI is InChI=1S/C18H19Cl2O6P.C18H21O8P.C18H20O5.Cl3OP/c2*1-22-14-8-7-12(9-15(14)26-27(19,20)21)5-6-13-10-16(23-2)18(25-4)17(11-13)24-3;1-20-15-8-7-12(9-14(15)19)5-6-13-10-16(21-2)18(23-4)17(11-13)22-3;1-5(2,3)4/h5-11H,1-4H3;5-11H,1-4H3,(H2,19,20,21);5-11,19H,1-4H3;/b3*6-5-;. The predicted octanol–water partition coefficient (Wildman–Crippen LogP) is 15.6. The third kappa shape index (κ3) is 23.1. The second kappa shape index (κ2) is 33.6.